The quantitative estimate of drug-likeness (QED) is 0.298. The molecule has 0 saturated heterocycles. The molecule has 1 aromatic heterocycles. The summed E-state index contributed by atoms with van der Waals surface area (Å²) < 4.78 is 64.4. The fourth-order valence-electron chi connectivity index (χ4n) is 3.19. The molecule has 192 valence electrons. The molecule has 3 rings (SSSR count). The van der Waals surface area contributed by atoms with Gasteiger partial charge in [-0.25, -0.2) is 27.3 Å². The van der Waals surface area contributed by atoms with Gasteiger partial charge < -0.3 is 18.9 Å². The smallest absolute Gasteiger partial charge is 0.376 e. The van der Waals surface area contributed by atoms with Gasteiger partial charge >= 0.3 is 11.7 Å². The number of halogens is 4. The molecule has 0 bridgehead atoms. The van der Waals surface area contributed by atoms with Crippen LogP contribution in [0.4, 0.5) is 13.2 Å². The zero-order valence-corrected chi connectivity index (χ0v) is 21.0. The van der Waals surface area contributed by atoms with E-state index in [9.17, 15) is 27.6 Å². The van der Waals surface area contributed by atoms with E-state index in [1.807, 2.05) is 0 Å². The van der Waals surface area contributed by atoms with E-state index in [1.165, 1.54) is 19.2 Å². The molecule has 0 N–H and O–H groups in total. The van der Waals surface area contributed by atoms with Crippen LogP contribution in [0.15, 0.2) is 56.5 Å². The van der Waals surface area contributed by atoms with Crippen molar-refractivity contribution >= 4 is 21.9 Å². The highest BCUT2D eigenvalue weighted by Gasteiger charge is 2.30. The Labute approximate surface area is 210 Å². The Kier molecular flexibility index (Phi) is 7.94. The largest absolute Gasteiger partial charge is 0.464 e. The van der Waals surface area contributed by atoms with Crippen molar-refractivity contribution in [2.24, 2.45) is 7.05 Å². The molecule has 1 atom stereocenters. The maximum atomic E-state index is 14.9. The van der Waals surface area contributed by atoms with Crippen molar-refractivity contribution in [2.75, 3.05) is 14.2 Å². The number of nitrogens with zero attached hydrogens (tertiary/aromatic N) is 2. The molecule has 0 saturated carbocycles. The molecular weight excluding hydrogens is 553 g/mol. The molecule has 1 unspecified atom stereocenters. The normalized spacial score (nSPS) is 12.2. The maximum absolute atomic E-state index is 14.9. The first-order valence-electron chi connectivity index (χ1n) is 10.1. The Balaban J connectivity index is 2.09. The van der Waals surface area contributed by atoms with Crippen molar-refractivity contribution in [3.63, 3.8) is 0 Å². The number of hydrogen-bond acceptors (Lipinski definition) is 7. The van der Waals surface area contributed by atoms with Gasteiger partial charge in [0.05, 0.1) is 23.0 Å². The van der Waals surface area contributed by atoms with Gasteiger partial charge in [0.1, 0.15) is 11.6 Å². The number of benzene rings is 2. The maximum Gasteiger partial charge on any atom is 0.376 e. The van der Waals surface area contributed by atoms with Crippen molar-refractivity contribution in [1.29, 1.82) is 0 Å². The van der Waals surface area contributed by atoms with Gasteiger partial charge in [-0.15, -0.1) is 0 Å². The number of hydrogen-bond donors (Lipinski definition) is 0. The predicted molar refractivity (Wildman–Crippen MR) is 124 cm³/mol. The molecule has 36 heavy (non-hydrogen) atoms. The van der Waals surface area contributed by atoms with Gasteiger partial charge in [-0.3, -0.25) is 9.36 Å². The summed E-state index contributed by atoms with van der Waals surface area (Å²) in [5.74, 6) is -5.24. The number of para-hydroxylation sites is 2. The van der Waals surface area contributed by atoms with Gasteiger partial charge in [-0.05, 0) is 34.1 Å². The lowest BCUT2D eigenvalue weighted by Gasteiger charge is -2.19. The second-order valence-electron chi connectivity index (χ2n) is 7.42. The van der Waals surface area contributed by atoms with E-state index in [0.717, 1.165) is 26.3 Å². The van der Waals surface area contributed by atoms with E-state index >= 15 is 0 Å². The van der Waals surface area contributed by atoms with Crippen molar-refractivity contribution < 1.29 is 36.9 Å². The van der Waals surface area contributed by atoms with Crippen molar-refractivity contribution in [1.82, 2.24) is 9.13 Å². The summed E-state index contributed by atoms with van der Waals surface area (Å²) in [4.78, 5) is 37.2. The van der Waals surface area contributed by atoms with Crippen LogP contribution in [0, 0.1) is 5.82 Å². The number of esters is 1. The van der Waals surface area contributed by atoms with Crippen LogP contribution in [-0.4, -0.2) is 35.6 Å². The Morgan fingerprint density at radius 2 is 1.69 bits per heavy atom. The first-order valence-corrected chi connectivity index (χ1v) is 10.9. The lowest BCUT2D eigenvalue weighted by atomic mass is 10.2. The summed E-state index contributed by atoms with van der Waals surface area (Å²) in [6.07, 6.45) is -1.41. The predicted octanol–water partition coefficient (Wildman–Crippen LogP) is 3.87. The van der Waals surface area contributed by atoms with Crippen LogP contribution in [0.5, 0.6) is 17.2 Å². The number of rotatable bonds is 8. The molecular formula is C23H20BrF3N2O7. The zero-order chi connectivity index (χ0) is 26.8. The van der Waals surface area contributed by atoms with E-state index in [4.69, 9.17) is 14.2 Å². The van der Waals surface area contributed by atoms with Crippen LogP contribution in [-0.2, 0) is 27.2 Å². The summed E-state index contributed by atoms with van der Waals surface area (Å²) in [6.45, 7) is 0.533. The van der Waals surface area contributed by atoms with Crippen LogP contribution >= 0.6 is 15.9 Å². The van der Waals surface area contributed by atoms with Gasteiger partial charge in [-0.2, -0.15) is 0 Å². The molecule has 0 fully saturated rings. The highest BCUT2D eigenvalue weighted by Crippen LogP contribution is 2.37. The van der Waals surface area contributed by atoms with E-state index in [-0.39, 0.29) is 21.7 Å². The average Bonchev–Trinajstić information content (AvgIpc) is 2.82. The minimum absolute atomic E-state index is 0.0511. The molecule has 0 aliphatic rings. The molecule has 0 amide bonds. The third kappa shape index (κ3) is 5.46. The standard InChI is InChI=1S/C23H20BrF3N2O7/c1-23(26,27)18-11-19(30)29(22(32)28(18)2)14-10-17(12(24)9-13(14)25)35-15-7-5-6-8-16(15)36-21(34-4)20(31)33-3/h5-11,21H,1-4H3. The van der Waals surface area contributed by atoms with Gasteiger partial charge in [0, 0.05) is 33.2 Å². The zero-order valence-electron chi connectivity index (χ0n) is 19.4. The molecule has 9 nitrogen and oxygen atoms in total. The van der Waals surface area contributed by atoms with E-state index in [0.29, 0.717) is 22.1 Å². The summed E-state index contributed by atoms with van der Waals surface area (Å²) in [5.41, 5.74) is -3.71. The van der Waals surface area contributed by atoms with Crippen LogP contribution in [0.2, 0.25) is 0 Å². The van der Waals surface area contributed by atoms with Crippen molar-refractivity contribution in [2.45, 2.75) is 19.1 Å². The van der Waals surface area contributed by atoms with E-state index in [1.54, 1.807) is 12.1 Å². The number of aromatic nitrogens is 2. The van der Waals surface area contributed by atoms with Crippen LogP contribution in [0.25, 0.3) is 5.69 Å². The molecule has 0 aliphatic heterocycles. The molecule has 1 heterocycles. The van der Waals surface area contributed by atoms with Crippen molar-refractivity contribution in [3.8, 4) is 22.9 Å². The molecule has 0 aliphatic carbocycles. The number of ether oxygens (including phenoxy) is 4. The fraction of sp³-hybridized carbons (Fsp3) is 0.261. The van der Waals surface area contributed by atoms with Gasteiger partial charge in [0.2, 0.25) is 0 Å². The van der Waals surface area contributed by atoms with Crippen LogP contribution in [0.3, 0.4) is 0 Å². The number of alkyl halides is 2. The molecule has 2 aromatic carbocycles. The van der Waals surface area contributed by atoms with Crippen LogP contribution < -0.4 is 20.7 Å². The Morgan fingerprint density at radius 3 is 2.28 bits per heavy atom. The number of carbonyl (C=O) groups excluding carboxylic acids is 1. The summed E-state index contributed by atoms with van der Waals surface area (Å²) in [7, 11) is 3.42. The lowest BCUT2D eigenvalue weighted by Crippen LogP contribution is -2.41. The van der Waals surface area contributed by atoms with E-state index in [2.05, 4.69) is 20.7 Å². The third-order valence-corrected chi connectivity index (χ3v) is 5.54. The number of methoxy groups -OCH3 is 2. The Hall–Kier alpha value is -3.58. The molecule has 0 radical (unpaired) electrons. The minimum Gasteiger partial charge on any atom is -0.464 e. The SMILES string of the molecule is COC(=O)C(OC)Oc1ccccc1Oc1cc(-n2c(=O)cc(C(C)(F)F)n(C)c2=O)c(F)cc1Br. The summed E-state index contributed by atoms with van der Waals surface area (Å²) in [6, 6.07) is 8.65. The average molecular weight is 573 g/mol. The molecule has 3 aromatic rings. The Morgan fingerprint density at radius 1 is 1.06 bits per heavy atom. The lowest BCUT2D eigenvalue weighted by molar-refractivity contribution is -0.170. The Bertz CT molecular complexity index is 1420. The van der Waals surface area contributed by atoms with Gasteiger partial charge in [-0.1, -0.05) is 12.1 Å². The molecule has 13 heteroatoms. The third-order valence-electron chi connectivity index (χ3n) is 4.92. The summed E-state index contributed by atoms with van der Waals surface area (Å²) in [5, 5.41) is 0. The fourth-order valence-corrected chi connectivity index (χ4v) is 3.59. The van der Waals surface area contributed by atoms with Crippen LogP contribution in [0.1, 0.15) is 12.6 Å². The monoisotopic (exact) mass is 572 g/mol. The minimum atomic E-state index is -3.48. The van der Waals surface area contributed by atoms with Crippen molar-refractivity contribution in [3.05, 3.63) is 79.3 Å². The van der Waals surface area contributed by atoms with E-state index < -0.39 is 46.6 Å². The highest BCUT2D eigenvalue weighted by molar-refractivity contribution is 9.10. The second kappa shape index (κ2) is 10.6. The summed E-state index contributed by atoms with van der Waals surface area (Å²) >= 11 is 3.15. The first kappa shape index (κ1) is 27.0. The molecule has 0 spiro atoms. The first-order chi connectivity index (χ1) is 16.9. The van der Waals surface area contributed by atoms with Gasteiger partial charge in [0.25, 0.3) is 17.8 Å². The topological polar surface area (TPSA) is 98.0 Å². The highest BCUT2D eigenvalue weighted by atomic mass is 79.9. The van der Waals surface area contributed by atoms with Gasteiger partial charge in [0.15, 0.2) is 11.5 Å². The second-order valence-corrected chi connectivity index (χ2v) is 8.28. The number of carbonyl (C=O) groups is 1.